The number of nitrogens with one attached hydrogen (secondary N) is 1. The number of benzene rings is 1. The van der Waals surface area contributed by atoms with Crippen molar-refractivity contribution in [2.24, 2.45) is 0 Å². The van der Waals surface area contributed by atoms with Gasteiger partial charge in [-0.1, -0.05) is 6.07 Å². The normalized spacial score (nSPS) is 16.0. The third-order valence-electron chi connectivity index (χ3n) is 5.04. The molecule has 0 unspecified atom stereocenters. The lowest BCUT2D eigenvalue weighted by molar-refractivity contribution is -0.131. The smallest absolute Gasteiger partial charge is 0.243 e. The molecule has 1 saturated heterocycles. The SMILES string of the molecule is C[C@H](CC(=O)N1CCN(c2ccncc2)CC1)NS(=O)(=O)c1cccc2nonc12. The number of rotatable bonds is 6. The van der Waals surface area contributed by atoms with Crippen molar-refractivity contribution < 1.29 is 17.8 Å². The minimum absolute atomic E-state index is 0.0217. The van der Waals surface area contributed by atoms with Gasteiger partial charge in [0.05, 0.1) is 0 Å². The molecule has 0 aliphatic carbocycles. The molecule has 0 radical (unpaired) electrons. The van der Waals surface area contributed by atoms with E-state index >= 15 is 0 Å². The number of fused-ring (bicyclic) bond motifs is 1. The molecule has 1 aliphatic rings. The molecule has 1 aromatic carbocycles. The number of carbonyl (C=O) groups is 1. The highest BCUT2D eigenvalue weighted by Gasteiger charge is 2.26. The summed E-state index contributed by atoms with van der Waals surface area (Å²) >= 11 is 0. The Balaban J connectivity index is 1.34. The van der Waals surface area contributed by atoms with Crippen LogP contribution in [0.1, 0.15) is 13.3 Å². The van der Waals surface area contributed by atoms with Crippen LogP contribution in [0.4, 0.5) is 5.69 Å². The minimum Gasteiger partial charge on any atom is -0.368 e. The van der Waals surface area contributed by atoms with Crippen molar-refractivity contribution in [3.05, 3.63) is 42.7 Å². The lowest BCUT2D eigenvalue weighted by Gasteiger charge is -2.36. The Bertz CT molecular complexity index is 1130. The molecule has 2 aromatic heterocycles. The second kappa shape index (κ2) is 8.36. The highest BCUT2D eigenvalue weighted by atomic mass is 32.2. The van der Waals surface area contributed by atoms with Crippen molar-refractivity contribution >= 4 is 32.7 Å². The number of aromatic nitrogens is 3. The summed E-state index contributed by atoms with van der Waals surface area (Å²) in [5, 5.41) is 7.33. The predicted molar refractivity (Wildman–Crippen MR) is 109 cm³/mol. The van der Waals surface area contributed by atoms with E-state index in [1.807, 2.05) is 12.1 Å². The summed E-state index contributed by atoms with van der Waals surface area (Å²) in [5.41, 5.74) is 1.60. The zero-order chi connectivity index (χ0) is 21.1. The molecular formula is C19H22N6O4S. The standard InChI is InChI=1S/C19H22N6O4S/c1-14(23-30(27,28)17-4-2-3-16-19(17)22-29-21-16)13-18(26)25-11-9-24(10-12-25)15-5-7-20-8-6-15/h2-8,14,23H,9-13H2,1H3/t14-/m1/s1. The summed E-state index contributed by atoms with van der Waals surface area (Å²) in [6.45, 7) is 4.28. The summed E-state index contributed by atoms with van der Waals surface area (Å²) in [4.78, 5) is 20.6. The van der Waals surface area contributed by atoms with Crippen molar-refractivity contribution in [3.63, 3.8) is 0 Å². The first-order valence-corrected chi connectivity index (χ1v) is 11.1. The molecule has 0 bridgehead atoms. The fourth-order valence-corrected chi connectivity index (χ4v) is 4.92. The molecule has 1 aliphatic heterocycles. The van der Waals surface area contributed by atoms with Gasteiger partial charge in [-0.05, 0) is 41.5 Å². The molecule has 3 aromatic rings. The zero-order valence-electron chi connectivity index (χ0n) is 16.4. The van der Waals surface area contributed by atoms with Gasteiger partial charge in [0.2, 0.25) is 15.9 Å². The van der Waals surface area contributed by atoms with Gasteiger partial charge in [0, 0.05) is 56.7 Å². The van der Waals surface area contributed by atoms with Crippen molar-refractivity contribution in [2.75, 3.05) is 31.1 Å². The highest BCUT2D eigenvalue weighted by molar-refractivity contribution is 7.89. The van der Waals surface area contributed by atoms with Crippen LogP contribution in [-0.4, -0.2) is 66.7 Å². The average molecular weight is 430 g/mol. The van der Waals surface area contributed by atoms with Gasteiger partial charge in [-0.15, -0.1) is 0 Å². The van der Waals surface area contributed by atoms with Crippen LogP contribution in [0, 0.1) is 0 Å². The van der Waals surface area contributed by atoms with Gasteiger partial charge in [-0.25, -0.2) is 17.8 Å². The van der Waals surface area contributed by atoms with E-state index in [1.165, 1.54) is 6.07 Å². The fraction of sp³-hybridized carbons (Fsp3) is 0.368. The molecule has 3 heterocycles. The lowest BCUT2D eigenvalue weighted by atomic mass is 10.2. The van der Waals surface area contributed by atoms with Crippen LogP contribution < -0.4 is 9.62 Å². The first-order chi connectivity index (χ1) is 14.4. The van der Waals surface area contributed by atoms with Gasteiger partial charge in [0.1, 0.15) is 10.4 Å². The number of nitrogens with zero attached hydrogens (tertiary/aromatic N) is 5. The maximum Gasteiger partial charge on any atom is 0.243 e. The second-order valence-corrected chi connectivity index (χ2v) is 8.87. The van der Waals surface area contributed by atoms with Crippen molar-refractivity contribution in [2.45, 2.75) is 24.3 Å². The number of piperazine rings is 1. The Morgan fingerprint density at radius 3 is 2.60 bits per heavy atom. The van der Waals surface area contributed by atoms with Crippen molar-refractivity contribution in [1.82, 2.24) is 24.9 Å². The van der Waals surface area contributed by atoms with Crippen LogP contribution in [0.5, 0.6) is 0 Å². The molecule has 1 amide bonds. The van der Waals surface area contributed by atoms with Crippen LogP contribution in [-0.2, 0) is 14.8 Å². The number of anilines is 1. The van der Waals surface area contributed by atoms with Gasteiger partial charge >= 0.3 is 0 Å². The summed E-state index contributed by atoms with van der Waals surface area (Å²) in [5.74, 6) is -0.0825. The van der Waals surface area contributed by atoms with Gasteiger partial charge in [0.15, 0.2) is 5.52 Å². The zero-order valence-corrected chi connectivity index (χ0v) is 17.2. The van der Waals surface area contributed by atoms with Crippen LogP contribution in [0.3, 0.4) is 0 Å². The molecule has 1 N–H and O–H groups in total. The van der Waals surface area contributed by atoms with Crippen LogP contribution in [0.2, 0.25) is 0 Å². The summed E-state index contributed by atoms with van der Waals surface area (Å²) < 4.78 is 32.7. The summed E-state index contributed by atoms with van der Waals surface area (Å²) in [7, 11) is -3.87. The second-order valence-electron chi connectivity index (χ2n) is 7.19. The highest BCUT2D eigenvalue weighted by Crippen LogP contribution is 2.20. The summed E-state index contributed by atoms with van der Waals surface area (Å²) in [6.07, 6.45) is 3.56. The number of pyridine rings is 1. The molecule has 0 saturated carbocycles. The van der Waals surface area contributed by atoms with Crippen molar-refractivity contribution in [1.29, 1.82) is 0 Å². The van der Waals surface area contributed by atoms with E-state index in [4.69, 9.17) is 0 Å². The van der Waals surface area contributed by atoms with E-state index in [0.29, 0.717) is 18.6 Å². The molecule has 1 atom stereocenters. The predicted octanol–water partition coefficient (Wildman–Crippen LogP) is 1.02. The largest absolute Gasteiger partial charge is 0.368 e. The number of sulfonamides is 1. The molecule has 30 heavy (non-hydrogen) atoms. The number of hydrogen-bond acceptors (Lipinski definition) is 8. The quantitative estimate of drug-likeness (QED) is 0.615. The molecule has 4 rings (SSSR count). The Kier molecular flexibility index (Phi) is 5.64. The van der Waals surface area contributed by atoms with Gasteiger partial charge < -0.3 is 9.80 Å². The molecule has 11 heteroatoms. The maximum atomic E-state index is 12.8. The first-order valence-electron chi connectivity index (χ1n) is 9.60. The van der Waals surface area contributed by atoms with Crippen molar-refractivity contribution in [3.8, 4) is 0 Å². The molecule has 10 nitrogen and oxygen atoms in total. The molecule has 0 spiro atoms. The third kappa shape index (κ3) is 4.26. The van der Waals surface area contributed by atoms with Gasteiger partial charge in [-0.3, -0.25) is 9.78 Å². The van der Waals surface area contributed by atoms with Crippen LogP contribution >= 0.6 is 0 Å². The van der Waals surface area contributed by atoms with Gasteiger partial charge in [-0.2, -0.15) is 0 Å². The molecule has 1 fully saturated rings. The molecule has 158 valence electrons. The Morgan fingerprint density at radius 1 is 1.13 bits per heavy atom. The van der Waals surface area contributed by atoms with E-state index in [9.17, 15) is 13.2 Å². The number of hydrogen-bond donors (Lipinski definition) is 1. The third-order valence-corrected chi connectivity index (χ3v) is 6.66. The lowest BCUT2D eigenvalue weighted by Crippen LogP contribution is -2.50. The Labute approximate surface area is 173 Å². The van der Waals surface area contributed by atoms with E-state index in [2.05, 4.69) is 29.5 Å². The van der Waals surface area contributed by atoms with E-state index in [0.717, 1.165) is 18.8 Å². The monoisotopic (exact) mass is 430 g/mol. The topological polar surface area (TPSA) is 122 Å². The van der Waals surface area contributed by atoms with Gasteiger partial charge in [0.25, 0.3) is 0 Å². The maximum absolute atomic E-state index is 12.8. The number of amides is 1. The molecular weight excluding hydrogens is 408 g/mol. The average Bonchev–Trinajstić information content (AvgIpc) is 3.23. The van der Waals surface area contributed by atoms with Crippen LogP contribution in [0.15, 0.2) is 52.3 Å². The number of carbonyl (C=O) groups excluding carboxylic acids is 1. The fourth-order valence-electron chi connectivity index (χ4n) is 3.53. The Hall–Kier alpha value is -3.05. The minimum atomic E-state index is -3.87. The summed E-state index contributed by atoms with van der Waals surface area (Å²) in [6, 6.07) is 7.93. The van der Waals surface area contributed by atoms with E-state index < -0.39 is 16.1 Å². The van der Waals surface area contributed by atoms with E-state index in [1.54, 1.807) is 36.4 Å². The van der Waals surface area contributed by atoms with E-state index in [-0.39, 0.29) is 22.7 Å². The first kappa shape index (κ1) is 20.2. The Morgan fingerprint density at radius 2 is 1.87 bits per heavy atom. The van der Waals surface area contributed by atoms with Crippen LogP contribution in [0.25, 0.3) is 11.0 Å².